The summed E-state index contributed by atoms with van der Waals surface area (Å²) in [6.45, 7) is 2.79. The molecule has 0 heterocycles. The van der Waals surface area contributed by atoms with Crippen LogP contribution >= 0.6 is 0 Å². The number of carbonyl (C=O) groups is 1. The predicted octanol–water partition coefficient (Wildman–Crippen LogP) is 2.13. The molecule has 0 saturated carbocycles. The molecule has 5 nitrogen and oxygen atoms in total. The van der Waals surface area contributed by atoms with Gasteiger partial charge in [-0.3, -0.25) is 4.79 Å². The van der Waals surface area contributed by atoms with Crippen LogP contribution in [0.25, 0.3) is 0 Å². The van der Waals surface area contributed by atoms with E-state index in [9.17, 15) is 4.79 Å². The molecule has 0 radical (unpaired) electrons. The first-order valence-corrected chi connectivity index (χ1v) is 6.11. The Morgan fingerprint density at radius 1 is 1.42 bits per heavy atom. The molecule has 100 valence electrons. The van der Waals surface area contributed by atoms with E-state index in [1.54, 1.807) is 12.1 Å². The fourth-order valence-electron chi connectivity index (χ4n) is 1.34. The number of phenols is 1. The van der Waals surface area contributed by atoms with E-state index < -0.39 is 5.91 Å². The van der Waals surface area contributed by atoms with E-state index in [-0.39, 0.29) is 11.3 Å². The summed E-state index contributed by atoms with van der Waals surface area (Å²) in [5, 5.41) is 23.6. The van der Waals surface area contributed by atoms with Crippen LogP contribution in [0.1, 0.15) is 19.8 Å². The fraction of sp³-hybridized carbons (Fsp3) is 0.286. The minimum absolute atomic E-state index is 0.0178. The van der Waals surface area contributed by atoms with E-state index >= 15 is 0 Å². The molecular formula is C14H17N3O2. The average Bonchev–Trinajstić information content (AvgIpc) is 2.41. The lowest BCUT2D eigenvalue weighted by molar-refractivity contribution is -0.112. The van der Waals surface area contributed by atoms with Crippen LogP contribution in [0.3, 0.4) is 0 Å². The van der Waals surface area contributed by atoms with Gasteiger partial charge in [0, 0.05) is 18.4 Å². The zero-order chi connectivity index (χ0) is 14.1. The topological polar surface area (TPSA) is 85.2 Å². The minimum Gasteiger partial charge on any atom is -0.508 e. The van der Waals surface area contributed by atoms with Crippen molar-refractivity contribution in [3.8, 4) is 11.8 Å². The Labute approximate surface area is 112 Å². The zero-order valence-electron chi connectivity index (χ0n) is 10.8. The maximum atomic E-state index is 11.8. The van der Waals surface area contributed by atoms with Gasteiger partial charge in [-0.05, 0) is 30.7 Å². The highest BCUT2D eigenvalue weighted by molar-refractivity contribution is 6.06. The summed E-state index contributed by atoms with van der Waals surface area (Å²) < 4.78 is 0. The molecule has 0 bridgehead atoms. The highest BCUT2D eigenvalue weighted by atomic mass is 16.3. The molecule has 5 heteroatoms. The van der Waals surface area contributed by atoms with E-state index in [0.717, 1.165) is 19.4 Å². The van der Waals surface area contributed by atoms with Gasteiger partial charge in [-0.1, -0.05) is 13.3 Å². The summed E-state index contributed by atoms with van der Waals surface area (Å²) in [5.74, 6) is -0.354. The van der Waals surface area contributed by atoms with Gasteiger partial charge in [0.15, 0.2) is 0 Å². The van der Waals surface area contributed by atoms with Gasteiger partial charge in [0.25, 0.3) is 5.91 Å². The summed E-state index contributed by atoms with van der Waals surface area (Å²) in [4.78, 5) is 11.8. The molecule has 1 aromatic carbocycles. The van der Waals surface area contributed by atoms with Crippen molar-refractivity contribution in [3.63, 3.8) is 0 Å². The number of hydrogen-bond acceptors (Lipinski definition) is 4. The highest BCUT2D eigenvalue weighted by Gasteiger charge is 2.08. The summed E-state index contributed by atoms with van der Waals surface area (Å²) in [6.07, 6.45) is 3.45. The molecule has 0 saturated heterocycles. The normalized spacial score (nSPS) is 10.6. The Hall–Kier alpha value is -2.48. The second kappa shape index (κ2) is 7.77. The molecule has 0 fully saturated rings. The predicted molar refractivity (Wildman–Crippen MR) is 73.3 cm³/mol. The number of nitriles is 1. The van der Waals surface area contributed by atoms with Crippen LogP contribution in [0.4, 0.5) is 5.69 Å². The van der Waals surface area contributed by atoms with Crippen molar-refractivity contribution in [2.24, 2.45) is 0 Å². The van der Waals surface area contributed by atoms with E-state index in [0.29, 0.717) is 5.69 Å². The van der Waals surface area contributed by atoms with Gasteiger partial charge in [0.05, 0.1) is 0 Å². The quantitative estimate of drug-likeness (QED) is 0.316. The molecule has 0 aliphatic heterocycles. The number of amides is 1. The van der Waals surface area contributed by atoms with Gasteiger partial charge in [-0.25, -0.2) is 0 Å². The Morgan fingerprint density at radius 3 is 2.68 bits per heavy atom. The third kappa shape index (κ3) is 5.13. The first-order valence-electron chi connectivity index (χ1n) is 6.11. The van der Waals surface area contributed by atoms with Gasteiger partial charge >= 0.3 is 0 Å². The second-order valence-electron chi connectivity index (χ2n) is 3.98. The standard InChI is InChI=1S/C14H17N3O2/c1-2-3-8-16-10-11(9-15)14(19)17-12-4-6-13(18)7-5-12/h4-7,10,16,18H,2-3,8H2,1H3,(H,17,19)/b11-10-. The Bertz CT molecular complexity index is 486. The van der Waals surface area contributed by atoms with Crippen molar-refractivity contribution in [3.05, 3.63) is 36.0 Å². The minimum atomic E-state index is -0.475. The molecule has 1 rings (SSSR count). The first kappa shape index (κ1) is 14.6. The van der Waals surface area contributed by atoms with Crippen molar-refractivity contribution in [1.82, 2.24) is 5.32 Å². The SMILES string of the molecule is CCCCN/C=C(/C#N)C(=O)Nc1ccc(O)cc1. The first-order chi connectivity index (χ1) is 9.17. The average molecular weight is 259 g/mol. The van der Waals surface area contributed by atoms with Crippen molar-refractivity contribution in [2.75, 3.05) is 11.9 Å². The summed E-state index contributed by atoms with van der Waals surface area (Å²) in [5.41, 5.74) is 0.543. The number of unbranched alkanes of at least 4 members (excludes halogenated alkanes) is 1. The number of carbonyl (C=O) groups excluding carboxylic acids is 1. The highest BCUT2D eigenvalue weighted by Crippen LogP contribution is 2.14. The molecule has 0 unspecified atom stereocenters. The monoisotopic (exact) mass is 259 g/mol. The molecule has 0 aliphatic rings. The maximum Gasteiger partial charge on any atom is 0.267 e. The number of rotatable bonds is 6. The number of phenolic OH excluding ortho intramolecular Hbond substituents is 1. The fourth-order valence-corrected chi connectivity index (χ4v) is 1.34. The molecule has 1 aromatic rings. The number of benzene rings is 1. The smallest absolute Gasteiger partial charge is 0.267 e. The maximum absolute atomic E-state index is 11.8. The van der Waals surface area contributed by atoms with Gasteiger partial charge in [0.1, 0.15) is 17.4 Å². The molecular weight excluding hydrogens is 242 g/mol. The number of nitrogens with zero attached hydrogens (tertiary/aromatic N) is 1. The molecule has 0 spiro atoms. The number of anilines is 1. The molecule has 3 N–H and O–H groups in total. The van der Waals surface area contributed by atoms with Crippen LogP contribution in [-0.4, -0.2) is 17.6 Å². The van der Waals surface area contributed by atoms with Crippen LogP contribution in [0.15, 0.2) is 36.0 Å². The van der Waals surface area contributed by atoms with Crippen molar-refractivity contribution in [1.29, 1.82) is 5.26 Å². The molecule has 0 atom stereocenters. The molecule has 0 aliphatic carbocycles. The summed E-state index contributed by atoms with van der Waals surface area (Å²) >= 11 is 0. The van der Waals surface area contributed by atoms with Crippen LogP contribution < -0.4 is 10.6 Å². The lowest BCUT2D eigenvalue weighted by Gasteiger charge is -2.05. The van der Waals surface area contributed by atoms with Gasteiger partial charge < -0.3 is 15.7 Å². The van der Waals surface area contributed by atoms with Crippen LogP contribution in [-0.2, 0) is 4.79 Å². The van der Waals surface area contributed by atoms with E-state index in [4.69, 9.17) is 10.4 Å². The summed E-state index contributed by atoms with van der Waals surface area (Å²) in [7, 11) is 0. The number of nitrogens with one attached hydrogen (secondary N) is 2. The Balaban J connectivity index is 2.59. The van der Waals surface area contributed by atoms with Gasteiger partial charge in [-0.2, -0.15) is 5.26 Å². The van der Waals surface area contributed by atoms with E-state index in [1.165, 1.54) is 18.3 Å². The zero-order valence-corrected chi connectivity index (χ0v) is 10.8. The summed E-state index contributed by atoms with van der Waals surface area (Å²) in [6, 6.07) is 7.90. The van der Waals surface area contributed by atoms with Crippen LogP contribution in [0.5, 0.6) is 5.75 Å². The number of aromatic hydroxyl groups is 1. The third-order valence-corrected chi connectivity index (χ3v) is 2.41. The van der Waals surface area contributed by atoms with E-state index in [1.807, 2.05) is 6.07 Å². The lowest BCUT2D eigenvalue weighted by Crippen LogP contribution is -2.17. The molecule has 1 amide bonds. The molecule has 19 heavy (non-hydrogen) atoms. The third-order valence-electron chi connectivity index (χ3n) is 2.41. The second-order valence-corrected chi connectivity index (χ2v) is 3.98. The van der Waals surface area contributed by atoms with Crippen molar-refractivity contribution in [2.45, 2.75) is 19.8 Å². The largest absolute Gasteiger partial charge is 0.508 e. The van der Waals surface area contributed by atoms with Gasteiger partial charge in [-0.15, -0.1) is 0 Å². The lowest BCUT2D eigenvalue weighted by atomic mass is 10.2. The Morgan fingerprint density at radius 2 is 2.11 bits per heavy atom. The van der Waals surface area contributed by atoms with Crippen LogP contribution in [0, 0.1) is 11.3 Å². The van der Waals surface area contributed by atoms with Crippen molar-refractivity contribution < 1.29 is 9.90 Å². The van der Waals surface area contributed by atoms with E-state index in [2.05, 4.69) is 17.6 Å². The van der Waals surface area contributed by atoms with Gasteiger partial charge in [0.2, 0.25) is 0 Å². The Kier molecular flexibility index (Phi) is 5.96. The van der Waals surface area contributed by atoms with Crippen LogP contribution in [0.2, 0.25) is 0 Å². The number of hydrogen-bond donors (Lipinski definition) is 3. The van der Waals surface area contributed by atoms with Crippen molar-refractivity contribution >= 4 is 11.6 Å². The molecule has 0 aromatic heterocycles.